The van der Waals surface area contributed by atoms with Gasteiger partial charge in [0.2, 0.25) is 0 Å². The van der Waals surface area contributed by atoms with E-state index in [9.17, 15) is 4.39 Å². The fourth-order valence-electron chi connectivity index (χ4n) is 3.14. The number of hydrogen-bond acceptors (Lipinski definition) is 3. The second kappa shape index (κ2) is 6.12. The Morgan fingerprint density at radius 2 is 2.24 bits per heavy atom. The summed E-state index contributed by atoms with van der Waals surface area (Å²) in [6, 6.07) is 5.43. The molecule has 1 aromatic heterocycles. The molecule has 0 saturated carbocycles. The number of nitrogens with zero attached hydrogens (tertiary/aromatic N) is 2. The number of rotatable bonds is 5. The Balaban J connectivity index is 2.08. The van der Waals surface area contributed by atoms with E-state index in [0.29, 0.717) is 18.7 Å². The van der Waals surface area contributed by atoms with Gasteiger partial charge in [0.15, 0.2) is 5.82 Å². The van der Waals surface area contributed by atoms with Gasteiger partial charge >= 0.3 is 0 Å². The molecule has 0 spiro atoms. The number of likely N-dealkylation sites (N-methyl/N-ethyl adjacent to an activating group) is 1. The zero-order valence-corrected chi connectivity index (χ0v) is 12.6. The predicted octanol–water partition coefficient (Wildman–Crippen LogP) is 2.68. The van der Waals surface area contributed by atoms with Gasteiger partial charge in [0.1, 0.15) is 11.3 Å². The molecule has 3 rings (SSSR count). The average Bonchev–Trinajstić information content (AvgIpc) is 3.06. The van der Waals surface area contributed by atoms with Crippen molar-refractivity contribution in [3.05, 3.63) is 29.8 Å². The van der Waals surface area contributed by atoms with E-state index in [1.165, 1.54) is 6.07 Å². The molecule has 21 heavy (non-hydrogen) atoms. The van der Waals surface area contributed by atoms with E-state index in [2.05, 4.69) is 28.7 Å². The number of fused-ring (bicyclic) bond motifs is 1. The Hall–Kier alpha value is -1.46. The molecule has 1 saturated heterocycles. The predicted molar refractivity (Wildman–Crippen MR) is 81.0 cm³/mol. The van der Waals surface area contributed by atoms with E-state index in [1.54, 1.807) is 6.07 Å². The van der Waals surface area contributed by atoms with Gasteiger partial charge in [0, 0.05) is 12.6 Å². The highest BCUT2D eigenvalue weighted by molar-refractivity contribution is 5.76. The number of aromatic nitrogens is 2. The van der Waals surface area contributed by atoms with Gasteiger partial charge in [-0.1, -0.05) is 19.9 Å². The number of benzene rings is 1. The first kappa shape index (κ1) is 14.5. The van der Waals surface area contributed by atoms with Crippen molar-refractivity contribution in [2.24, 2.45) is 0 Å². The van der Waals surface area contributed by atoms with Crippen molar-refractivity contribution < 1.29 is 9.13 Å². The maximum absolute atomic E-state index is 14.0. The van der Waals surface area contributed by atoms with Gasteiger partial charge in [-0.3, -0.25) is 0 Å². The van der Waals surface area contributed by atoms with Crippen LogP contribution < -0.4 is 5.32 Å². The summed E-state index contributed by atoms with van der Waals surface area (Å²) < 4.78 is 21.8. The molecule has 1 aromatic carbocycles. The van der Waals surface area contributed by atoms with Crippen LogP contribution in [0.4, 0.5) is 4.39 Å². The quantitative estimate of drug-likeness (QED) is 0.920. The maximum Gasteiger partial charge on any atom is 0.151 e. The van der Waals surface area contributed by atoms with Crippen molar-refractivity contribution in [3.8, 4) is 0 Å². The number of aryl methyl sites for hydroxylation is 1. The normalized spacial score (nSPS) is 22.2. The minimum atomic E-state index is -0.248. The Kier molecular flexibility index (Phi) is 4.22. The second-order valence-electron chi connectivity index (χ2n) is 5.54. The lowest BCUT2D eigenvalue weighted by atomic mass is 10.0. The van der Waals surface area contributed by atoms with Crippen LogP contribution in [-0.4, -0.2) is 35.4 Å². The fourth-order valence-corrected chi connectivity index (χ4v) is 3.14. The minimum absolute atomic E-state index is 0.184. The monoisotopic (exact) mass is 291 g/mol. The summed E-state index contributed by atoms with van der Waals surface area (Å²) in [5, 5.41) is 3.45. The molecule has 0 amide bonds. The fraction of sp³-hybridized carbons (Fsp3) is 0.562. The van der Waals surface area contributed by atoms with E-state index >= 15 is 0 Å². The lowest BCUT2D eigenvalue weighted by Gasteiger charge is -2.19. The standard InChI is InChI=1S/C16H22FN3O/c1-3-8-20-14-7-5-6-12(17)15(14)19-16(20)11-9-21-10-13(11)18-4-2/h5-7,11,13,18H,3-4,8-10H2,1-2H3. The number of hydrogen-bond donors (Lipinski definition) is 1. The summed E-state index contributed by atoms with van der Waals surface area (Å²) in [7, 11) is 0. The Bertz CT molecular complexity index is 625. The third-order valence-electron chi connectivity index (χ3n) is 4.08. The lowest BCUT2D eigenvalue weighted by Crippen LogP contribution is -2.35. The third kappa shape index (κ3) is 2.56. The van der Waals surface area contributed by atoms with Crippen molar-refractivity contribution in [2.45, 2.75) is 38.8 Å². The number of halogens is 1. The summed E-state index contributed by atoms with van der Waals surface area (Å²) in [5.41, 5.74) is 1.36. The highest BCUT2D eigenvalue weighted by Gasteiger charge is 2.33. The Morgan fingerprint density at radius 3 is 3.00 bits per heavy atom. The van der Waals surface area contributed by atoms with E-state index in [1.807, 2.05) is 6.07 Å². The smallest absolute Gasteiger partial charge is 0.151 e. The maximum atomic E-state index is 14.0. The number of ether oxygens (including phenoxy) is 1. The first-order chi connectivity index (χ1) is 10.3. The molecule has 1 fully saturated rings. The van der Waals surface area contributed by atoms with Crippen LogP contribution >= 0.6 is 0 Å². The first-order valence-electron chi connectivity index (χ1n) is 7.72. The van der Waals surface area contributed by atoms with Crippen molar-refractivity contribution in [3.63, 3.8) is 0 Å². The molecule has 0 radical (unpaired) electrons. The lowest BCUT2D eigenvalue weighted by molar-refractivity contribution is 0.187. The highest BCUT2D eigenvalue weighted by Crippen LogP contribution is 2.29. The van der Waals surface area contributed by atoms with Gasteiger partial charge in [0.05, 0.1) is 24.6 Å². The zero-order valence-electron chi connectivity index (χ0n) is 12.6. The second-order valence-corrected chi connectivity index (χ2v) is 5.54. The molecule has 0 aliphatic carbocycles. The van der Waals surface area contributed by atoms with Gasteiger partial charge in [-0.15, -0.1) is 0 Å². The number of nitrogens with one attached hydrogen (secondary N) is 1. The summed E-state index contributed by atoms with van der Waals surface area (Å²) >= 11 is 0. The van der Waals surface area contributed by atoms with Crippen molar-refractivity contribution >= 4 is 11.0 Å². The van der Waals surface area contributed by atoms with E-state index in [4.69, 9.17) is 4.74 Å². The van der Waals surface area contributed by atoms with Gasteiger partial charge in [-0.05, 0) is 25.1 Å². The average molecular weight is 291 g/mol. The van der Waals surface area contributed by atoms with E-state index in [0.717, 1.165) is 30.9 Å². The van der Waals surface area contributed by atoms with E-state index in [-0.39, 0.29) is 17.8 Å². The van der Waals surface area contributed by atoms with Crippen LogP contribution in [0.1, 0.15) is 32.0 Å². The van der Waals surface area contributed by atoms with Crippen LogP contribution in [0.2, 0.25) is 0 Å². The van der Waals surface area contributed by atoms with Crippen LogP contribution in [0.5, 0.6) is 0 Å². The van der Waals surface area contributed by atoms with Crippen LogP contribution in [0, 0.1) is 5.82 Å². The van der Waals surface area contributed by atoms with Crippen molar-refractivity contribution in [2.75, 3.05) is 19.8 Å². The summed E-state index contributed by atoms with van der Waals surface area (Å²) in [6.45, 7) is 7.30. The van der Waals surface area contributed by atoms with E-state index < -0.39 is 0 Å². The molecule has 2 aromatic rings. The molecular formula is C16H22FN3O. The van der Waals surface area contributed by atoms with Gasteiger partial charge in [0.25, 0.3) is 0 Å². The first-order valence-corrected chi connectivity index (χ1v) is 7.72. The summed E-state index contributed by atoms with van der Waals surface area (Å²) in [4.78, 5) is 4.61. The Labute approximate surface area is 124 Å². The Morgan fingerprint density at radius 1 is 1.38 bits per heavy atom. The molecule has 1 N–H and O–H groups in total. The SMILES string of the molecule is CCCn1c(C2COCC2NCC)nc2c(F)cccc21. The van der Waals surface area contributed by atoms with Gasteiger partial charge in [-0.2, -0.15) is 0 Å². The van der Waals surface area contributed by atoms with Crippen LogP contribution in [0.25, 0.3) is 11.0 Å². The van der Waals surface area contributed by atoms with Crippen LogP contribution in [0.15, 0.2) is 18.2 Å². The molecule has 2 atom stereocenters. The molecule has 5 heteroatoms. The number of imidazole rings is 1. The minimum Gasteiger partial charge on any atom is -0.379 e. The van der Waals surface area contributed by atoms with Crippen molar-refractivity contribution in [1.82, 2.24) is 14.9 Å². The third-order valence-corrected chi connectivity index (χ3v) is 4.08. The van der Waals surface area contributed by atoms with Gasteiger partial charge in [-0.25, -0.2) is 9.37 Å². The molecule has 114 valence electrons. The largest absolute Gasteiger partial charge is 0.379 e. The molecule has 4 nitrogen and oxygen atoms in total. The molecule has 1 aliphatic heterocycles. The van der Waals surface area contributed by atoms with Gasteiger partial charge < -0.3 is 14.6 Å². The molecule has 1 aliphatic rings. The molecule has 2 unspecified atom stereocenters. The topological polar surface area (TPSA) is 39.1 Å². The van der Waals surface area contributed by atoms with Crippen LogP contribution in [-0.2, 0) is 11.3 Å². The summed E-state index contributed by atoms with van der Waals surface area (Å²) in [6.07, 6.45) is 0.994. The van der Waals surface area contributed by atoms with Crippen LogP contribution in [0.3, 0.4) is 0 Å². The molecular weight excluding hydrogens is 269 g/mol. The molecule has 0 bridgehead atoms. The molecule has 2 heterocycles. The zero-order chi connectivity index (χ0) is 14.8. The summed E-state index contributed by atoms with van der Waals surface area (Å²) in [5.74, 6) is 0.881. The highest BCUT2D eigenvalue weighted by atomic mass is 19.1. The van der Waals surface area contributed by atoms with Crippen molar-refractivity contribution in [1.29, 1.82) is 0 Å². The number of para-hydroxylation sites is 1.